The first kappa shape index (κ1) is 24.6. The van der Waals surface area contributed by atoms with E-state index in [-0.39, 0.29) is 17.5 Å². The fourth-order valence-electron chi connectivity index (χ4n) is 6.31. The lowest BCUT2D eigenvalue weighted by atomic mass is 9.80. The molecule has 0 unspecified atom stereocenters. The molecule has 1 aliphatic carbocycles. The lowest BCUT2D eigenvalue weighted by Crippen LogP contribution is -2.64. The number of nitrogens with zero attached hydrogens (tertiary/aromatic N) is 4. The molecule has 2 saturated heterocycles. The maximum Gasteiger partial charge on any atom is 0.146 e. The second-order valence-electron chi connectivity index (χ2n) is 10.8. The van der Waals surface area contributed by atoms with Gasteiger partial charge >= 0.3 is 0 Å². The van der Waals surface area contributed by atoms with E-state index in [1.807, 2.05) is 0 Å². The van der Waals surface area contributed by atoms with Gasteiger partial charge in [0.25, 0.3) is 0 Å². The van der Waals surface area contributed by atoms with Crippen molar-refractivity contribution in [2.75, 3.05) is 31.1 Å². The zero-order valence-electron chi connectivity index (χ0n) is 20.5. The Morgan fingerprint density at radius 3 is 2.63 bits per heavy atom. The number of aliphatic hydroxyl groups excluding tert-OH is 1. The average Bonchev–Trinajstić information content (AvgIpc) is 3.34. The maximum atomic E-state index is 15.4. The van der Waals surface area contributed by atoms with Crippen LogP contribution in [0.4, 0.5) is 10.2 Å². The van der Waals surface area contributed by atoms with Crippen molar-refractivity contribution in [2.45, 2.75) is 69.2 Å². The van der Waals surface area contributed by atoms with E-state index in [2.05, 4.69) is 45.9 Å². The zero-order chi connectivity index (χ0) is 25.0. The third kappa shape index (κ3) is 4.14. The van der Waals surface area contributed by atoms with Crippen molar-refractivity contribution in [3.8, 4) is 0 Å². The van der Waals surface area contributed by atoms with Gasteiger partial charge < -0.3 is 20.1 Å². The highest BCUT2D eigenvalue weighted by Gasteiger charge is 2.52. The van der Waals surface area contributed by atoms with Gasteiger partial charge in [0.2, 0.25) is 0 Å². The summed E-state index contributed by atoms with van der Waals surface area (Å²) in [5.41, 5.74) is 0.805. The topological polar surface area (TPSA) is 81.6 Å². The largest absolute Gasteiger partial charge is 0.387 e. The number of carbonyl (C=O) groups is 1. The van der Waals surface area contributed by atoms with Crippen LogP contribution in [0.3, 0.4) is 0 Å². The molecule has 2 fully saturated rings. The molecule has 4 atom stereocenters. The van der Waals surface area contributed by atoms with Crippen LogP contribution < -0.4 is 10.2 Å². The summed E-state index contributed by atoms with van der Waals surface area (Å²) in [7, 11) is 0. The van der Waals surface area contributed by atoms with Gasteiger partial charge in [-0.05, 0) is 51.2 Å². The Kier molecular flexibility index (Phi) is 6.36. The fourth-order valence-corrected chi connectivity index (χ4v) is 6.47. The van der Waals surface area contributed by atoms with E-state index in [1.54, 1.807) is 12.1 Å². The first-order valence-electron chi connectivity index (χ1n) is 12.4. The number of aliphatic hydroxyl groups is 1. The third-order valence-corrected chi connectivity index (χ3v) is 8.31. The molecule has 35 heavy (non-hydrogen) atoms. The Morgan fingerprint density at radius 1 is 1.26 bits per heavy atom. The minimum Gasteiger partial charge on any atom is -0.387 e. The van der Waals surface area contributed by atoms with Crippen molar-refractivity contribution in [2.24, 2.45) is 0 Å². The maximum absolute atomic E-state index is 15.4. The van der Waals surface area contributed by atoms with E-state index in [4.69, 9.17) is 11.6 Å². The number of nitrogens with one attached hydrogen (secondary N) is 1. The van der Waals surface area contributed by atoms with Gasteiger partial charge in [0.05, 0.1) is 11.8 Å². The molecule has 0 bridgehead atoms. The number of aldehydes is 1. The van der Waals surface area contributed by atoms with Crippen molar-refractivity contribution < 1.29 is 14.3 Å². The number of carbonyl (C=O) groups excluding carboxylic acids is 1. The Bertz CT molecular complexity index is 1120. The van der Waals surface area contributed by atoms with E-state index < -0.39 is 17.5 Å². The predicted octanol–water partition coefficient (Wildman–Crippen LogP) is 3.56. The minimum atomic E-state index is -1.15. The number of hydrogen-bond donors (Lipinski definition) is 2. The molecule has 0 radical (unpaired) electrons. The van der Waals surface area contributed by atoms with Crippen LogP contribution in [0.25, 0.3) is 0 Å². The molecule has 188 valence electrons. The summed E-state index contributed by atoms with van der Waals surface area (Å²) in [6.07, 6.45) is 4.20. The standard InChI is InChI=1S/C26H33ClFN5O2/c1-16-12-20(35)23-22(16)24(30-15-29-23)32-8-10-33(11-9-32)26(14-34,21-6-7-25(2,3)31-21)18-5-4-17(27)13-19(18)28/h4-5,13-16,20-21,31,35H,6-12H2,1-3H3/t16-,20-,21+,26+/m1/s1. The zero-order valence-corrected chi connectivity index (χ0v) is 21.2. The minimum absolute atomic E-state index is 0.137. The molecular formula is C26H33ClFN5O2. The van der Waals surface area contributed by atoms with Crippen LogP contribution in [-0.4, -0.2) is 64.0 Å². The Hall–Kier alpha value is -2.13. The van der Waals surface area contributed by atoms with Crippen LogP contribution in [0.2, 0.25) is 5.02 Å². The molecule has 0 spiro atoms. The van der Waals surface area contributed by atoms with Gasteiger partial charge in [-0.25, -0.2) is 14.4 Å². The van der Waals surface area contributed by atoms with E-state index >= 15 is 4.39 Å². The van der Waals surface area contributed by atoms with Crippen LogP contribution in [-0.2, 0) is 10.3 Å². The molecule has 2 aromatic rings. The highest BCUT2D eigenvalue weighted by Crippen LogP contribution is 2.44. The van der Waals surface area contributed by atoms with Crippen molar-refractivity contribution in [3.63, 3.8) is 0 Å². The summed E-state index contributed by atoms with van der Waals surface area (Å²) in [6.45, 7) is 8.71. The number of halogens is 2. The van der Waals surface area contributed by atoms with Gasteiger partial charge in [-0.2, -0.15) is 0 Å². The number of benzene rings is 1. The van der Waals surface area contributed by atoms with Gasteiger partial charge in [-0.3, -0.25) is 4.90 Å². The van der Waals surface area contributed by atoms with E-state index in [0.29, 0.717) is 48.9 Å². The molecule has 2 N–H and O–H groups in total. The lowest BCUT2D eigenvalue weighted by molar-refractivity contribution is -0.122. The van der Waals surface area contributed by atoms with E-state index in [0.717, 1.165) is 30.5 Å². The number of anilines is 1. The number of fused-ring (bicyclic) bond motifs is 1. The molecule has 7 nitrogen and oxygen atoms in total. The molecular weight excluding hydrogens is 469 g/mol. The third-order valence-electron chi connectivity index (χ3n) is 8.08. The quantitative estimate of drug-likeness (QED) is 0.606. The summed E-state index contributed by atoms with van der Waals surface area (Å²) >= 11 is 6.06. The van der Waals surface area contributed by atoms with Crippen LogP contribution in [0, 0.1) is 5.82 Å². The summed E-state index contributed by atoms with van der Waals surface area (Å²) in [5, 5.41) is 14.3. The van der Waals surface area contributed by atoms with Gasteiger partial charge in [0, 0.05) is 53.9 Å². The second kappa shape index (κ2) is 9.07. The molecule has 5 rings (SSSR count). The highest BCUT2D eigenvalue weighted by atomic mass is 35.5. The van der Waals surface area contributed by atoms with Crippen molar-refractivity contribution >= 4 is 23.7 Å². The Balaban J connectivity index is 1.47. The summed E-state index contributed by atoms with van der Waals surface area (Å²) < 4.78 is 15.4. The normalized spacial score (nSPS) is 28.1. The highest BCUT2D eigenvalue weighted by molar-refractivity contribution is 6.30. The molecule has 9 heteroatoms. The molecule has 1 aromatic carbocycles. The van der Waals surface area contributed by atoms with Crippen molar-refractivity contribution in [1.29, 1.82) is 0 Å². The Morgan fingerprint density at radius 2 is 2.00 bits per heavy atom. The molecule has 3 heterocycles. The fraction of sp³-hybridized carbons (Fsp3) is 0.577. The predicted molar refractivity (Wildman–Crippen MR) is 133 cm³/mol. The second-order valence-corrected chi connectivity index (χ2v) is 11.2. The molecule has 3 aliphatic rings. The summed E-state index contributed by atoms with van der Waals surface area (Å²) in [4.78, 5) is 26.2. The van der Waals surface area contributed by atoms with E-state index in [9.17, 15) is 9.90 Å². The van der Waals surface area contributed by atoms with Gasteiger partial charge in [0.1, 0.15) is 29.8 Å². The molecule has 0 amide bonds. The first-order chi connectivity index (χ1) is 16.7. The molecule has 1 aromatic heterocycles. The summed E-state index contributed by atoms with van der Waals surface area (Å²) in [6, 6.07) is 4.38. The smallest absolute Gasteiger partial charge is 0.146 e. The average molecular weight is 502 g/mol. The monoisotopic (exact) mass is 501 g/mol. The number of piperazine rings is 1. The number of rotatable bonds is 5. The van der Waals surface area contributed by atoms with Crippen LogP contribution in [0.1, 0.15) is 68.9 Å². The first-order valence-corrected chi connectivity index (χ1v) is 12.8. The number of aromatic nitrogens is 2. The Labute approximate surface area is 210 Å². The van der Waals surface area contributed by atoms with Gasteiger partial charge in [-0.1, -0.05) is 24.6 Å². The van der Waals surface area contributed by atoms with E-state index in [1.165, 1.54) is 12.4 Å². The van der Waals surface area contributed by atoms with Crippen molar-refractivity contribution in [1.82, 2.24) is 20.2 Å². The van der Waals surface area contributed by atoms with Crippen molar-refractivity contribution in [3.05, 3.63) is 52.2 Å². The van der Waals surface area contributed by atoms with Crippen LogP contribution in [0.5, 0.6) is 0 Å². The summed E-state index contributed by atoms with van der Waals surface area (Å²) in [5.74, 6) is 0.569. The van der Waals surface area contributed by atoms with Gasteiger partial charge in [0.15, 0.2) is 0 Å². The van der Waals surface area contributed by atoms with Gasteiger partial charge in [-0.15, -0.1) is 0 Å². The van der Waals surface area contributed by atoms with Crippen LogP contribution in [0.15, 0.2) is 24.5 Å². The lowest BCUT2D eigenvalue weighted by Gasteiger charge is -2.49. The number of hydrogen-bond acceptors (Lipinski definition) is 7. The SMILES string of the molecule is C[C@@H]1C[C@@H](O)c2ncnc(N3CCN([C@@](C=O)(c4ccc(Cl)cc4F)[C@@H]4CCC(C)(C)N4)CC3)c21. The molecule has 2 aliphatic heterocycles. The van der Waals surface area contributed by atoms with Crippen LogP contribution >= 0.6 is 11.6 Å². The molecule has 0 saturated carbocycles.